The van der Waals surface area contributed by atoms with Crippen LogP contribution in [0.25, 0.3) is 48.5 Å². The minimum Gasteiger partial charge on any atom is -0.305 e. The Bertz CT molecular complexity index is 1790. The molecule has 0 unspecified atom stereocenters. The fraction of sp³-hybridized carbons (Fsp3) is 0.0370. The van der Waals surface area contributed by atoms with E-state index in [1.165, 1.54) is 15.9 Å². The van der Waals surface area contributed by atoms with Gasteiger partial charge in [0.1, 0.15) is 15.2 Å². The lowest BCUT2D eigenvalue weighted by atomic mass is 9.97. The highest BCUT2D eigenvalue weighted by molar-refractivity contribution is 7.25. The van der Waals surface area contributed by atoms with Gasteiger partial charge in [-0.1, -0.05) is 78.4 Å². The van der Waals surface area contributed by atoms with Crippen molar-refractivity contribution in [2.45, 2.75) is 6.92 Å². The van der Waals surface area contributed by atoms with Crippen molar-refractivity contribution in [1.82, 2.24) is 19.7 Å². The van der Waals surface area contributed by atoms with E-state index in [0.29, 0.717) is 26.4 Å². The van der Waals surface area contributed by atoms with Crippen LogP contribution in [0, 0.1) is 6.92 Å². The van der Waals surface area contributed by atoms with Gasteiger partial charge in [0.25, 0.3) is 5.56 Å². The van der Waals surface area contributed by atoms with Crippen LogP contribution in [0.4, 0.5) is 0 Å². The van der Waals surface area contributed by atoms with E-state index in [-0.39, 0.29) is 5.56 Å². The molecule has 0 saturated carbocycles. The molecule has 3 heterocycles. The molecule has 0 fully saturated rings. The van der Waals surface area contributed by atoms with Crippen molar-refractivity contribution in [2.75, 3.05) is 0 Å². The second-order valence-corrected chi connectivity index (χ2v) is 9.05. The Labute approximate surface area is 197 Å². The first-order valence-electron chi connectivity index (χ1n) is 10.8. The van der Waals surface area contributed by atoms with Crippen LogP contribution in [0.1, 0.15) is 5.56 Å². The molecule has 6 aromatic rings. The molecule has 0 spiro atoms. The molecular weight excluding hydrogens is 444 g/mol. The van der Waals surface area contributed by atoms with Gasteiger partial charge < -0.3 is 4.98 Å². The number of hydrogen-bond acceptors (Lipinski definition) is 5. The Morgan fingerprint density at radius 1 is 0.794 bits per heavy atom. The summed E-state index contributed by atoms with van der Waals surface area (Å²) in [5.74, 6) is 0. The molecule has 1 N–H and O–H groups in total. The Morgan fingerprint density at radius 2 is 1.44 bits per heavy atom. The highest BCUT2D eigenvalue weighted by Gasteiger charge is 2.22. The molecule has 0 aliphatic rings. The van der Waals surface area contributed by atoms with E-state index < -0.39 is 5.69 Å². The summed E-state index contributed by atoms with van der Waals surface area (Å²) in [6.45, 7) is 1.96. The summed E-state index contributed by atoms with van der Waals surface area (Å²) in [6.07, 6.45) is 0. The van der Waals surface area contributed by atoms with Crippen LogP contribution in [-0.2, 0) is 0 Å². The van der Waals surface area contributed by atoms with Gasteiger partial charge in [-0.25, -0.2) is 9.36 Å². The van der Waals surface area contributed by atoms with Crippen molar-refractivity contribution < 1.29 is 0 Å². The third-order valence-electron chi connectivity index (χ3n) is 5.85. The number of aryl methyl sites for hydroxylation is 1. The number of H-pyrrole nitrogens is 1. The van der Waals surface area contributed by atoms with Crippen LogP contribution in [0.5, 0.6) is 0 Å². The molecule has 0 aliphatic heterocycles. The van der Waals surface area contributed by atoms with Crippen LogP contribution < -0.4 is 11.2 Å². The molecule has 7 heteroatoms. The average Bonchev–Trinajstić information content (AvgIpc) is 3.24. The predicted octanol–water partition coefficient (Wildman–Crippen LogP) is 5.33. The van der Waals surface area contributed by atoms with Crippen LogP contribution in [0.2, 0.25) is 0 Å². The topological polar surface area (TPSA) is 80.6 Å². The molecule has 0 bridgehead atoms. The molecule has 164 valence electrons. The van der Waals surface area contributed by atoms with Crippen LogP contribution in [-0.4, -0.2) is 19.7 Å². The summed E-state index contributed by atoms with van der Waals surface area (Å²) < 4.78 is 1.61. The van der Waals surface area contributed by atoms with Crippen molar-refractivity contribution in [3.05, 3.63) is 111 Å². The quantitative estimate of drug-likeness (QED) is 0.386. The summed E-state index contributed by atoms with van der Waals surface area (Å²) in [6, 6.07) is 27.0. The highest BCUT2D eigenvalue weighted by Crippen LogP contribution is 2.40. The largest absolute Gasteiger partial charge is 0.333 e. The zero-order chi connectivity index (χ0) is 23.2. The molecule has 0 atom stereocenters. The van der Waals surface area contributed by atoms with E-state index in [2.05, 4.69) is 15.2 Å². The number of nitrogens with zero attached hydrogens (tertiary/aromatic N) is 3. The number of hydrogen-bond donors (Lipinski definition) is 1. The van der Waals surface area contributed by atoms with E-state index >= 15 is 0 Å². The molecule has 34 heavy (non-hydrogen) atoms. The zero-order valence-corrected chi connectivity index (χ0v) is 19.0. The maximum Gasteiger partial charge on any atom is 0.333 e. The second kappa shape index (κ2) is 7.90. The minimum absolute atomic E-state index is 0.370. The van der Waals surface area contributed by atoms with E-state index in [9.17, 15) is 9.59 Å². The Balaban J connectivity index is 1.74. The lowest BCUT2D eigenvalue weighted by molar-refractivity contribution is 0.904. The van der Waals surface area contributed by atoms with Crippen LogP contribution >= 0.6 is 11.3 Å². The van der Waals surface area contributed by atoms with Crippen molar-refractivity contribution >= 4 is 31.8 Å². The third kappa shape index (κ3) is 3.17. The van der Waals surface area contributed by atoms with Gasteiger partial charge in [0.15, 0.2) is 0 Å². The smallest absolute Gasteiger partial charge is 0.305 e. The second-order valence-electron chi connectivity index (χ2n) is 8.05. The third-order valence-corrected chi connectivity index (χ3v) is 6.91. The lowest BCUT2D eigenvalue weighted by Crippen LogP contribution is -2.33. The summed E-state index contributed by atoms with van der Waals surface area (Å²) in [4.78, 5) is 30.2. The first-order chi connectivity index (χ1) is 16.6. The summed E-state index contributed by atoms with van der Waals surface area (Å²) >= 11 is 1.24. The standard InChI is InChI=1S/C27H18N4O2S/c1-16-12-14-19(15-13-16)31-26(32)24-23(28-27(31)33)21-20(17-8-4-2-5-9-17)22(29-30-25(21)34-24)18-10-6-3-7-11-18/h2-15H,1H3,(H,28,33). The van der Waals surface area contributed by atoms with Gasteiger partial charge in [0.2, 0.25) is 0 Å². The Hall–Kier alpha value is -4.36. The molecule has 0 radical (unpaired) electrons. The molecule has 6 rings (SSSR count). The summed E-state index contributed by atoms with van der Waals surface area (Å²) in [5.41, 5.74) is 4.58. The number of fused-ring (bicyclic) bond motifs is 3. The van der Waals surface area contributed by atoms with Gasteiger partial charge >= 0.3 is 5.69 Å². The fourth-order valence-corrected chi connectivity index (χ4v) is 5.24. The van der Waals surface area contributed by atoms with Crippen LogP contribution in [0.3, 0.4) is 0 Å². The maximum atomic E-state index is 13.5. The number of thiophene rings is 1. The fourth-order valence-electron chi connectivity index (χ4n) is 4.22. The number of benzene rings is 3. The van der Waals surface area contributed by atoms with Crippen molar-refractivity contribution in [3.63, 3.8) is 0 Å². The summed E-state index contributed by atoms with van der Waals surface area (Å²) in [7, 11) is 0. The maximum absolute atomic E-state index is 13.5. The van der Waals surface area contributed by atoms with Gasteiger partial charge in [-0.2, -0.15) is 0 Å². The first kappa shape index (κ1) is 20.3. The highest BCUT2D eigenvalue weighted by atomic mass is 32.1. The number of rotatable bonds is 3. The van der Waals surface area contributed by atoms with Gasteiger partial charge in [-0.15, -0.1) is 21.5 Å². The molecule has 0 saturated heterocycles. The van der Waals surface area contributed by atoms with E-state index in [1.54, 1.807) is 12.1 Å². The van der Waals surface area contributed by atoms with Crippen molar-refractivity contribution in [3.8, 4) is 28.1 Å². The summed E-state index contributed by atoms with van der Waals surface area (Å²) in [5, 5.41) is 9.74. The lowest BCUT2D eigenvalue weighted by Gasteiger charge is -2.11. The number of nitrogens with one attached hydrogen (secondary N) is 1. The molecular formula is C27H18N4O2S. The molecule has 3 aromatic carbocycles. The van der Waals surface area contributed by atoms with Gasteiger partial charge in [0.05, 0.1) is 11.2 Å². The zero-order valence-electron chi connectivity index (χ0n) is 18.1. The average molecular weight is 463 g/mol. The monoisotopic (exact) mass is 462 g/mol. The van der Waals surface area contributed by atoms with Crippen molar-refractivity contribution in [1.29, 1.82) is 0 Å². The Kier molecular flexibility index (Phi) is 4.71. The van der Waals surface area contributed by atoms with Gasteiger partial charge in [0, 0.05) is 16.5 Å². The number of aromatic amines is 1. The number of aromatic nitrogens is 4. The van der Waals surface area contributed by atoms with Gasteiger partial charge in [-0.3, -0.25) is 4.79 Å². The normalized spacial score (nSPS) is 11.3. The SMILES string of the molecule is Cc1ccc(-n2c(=O)[nH]c3c(sc4nnc(-c5ccccc5)c(-c5ccccc5)c43)c2=O)cc1. The van der Waals surface area contributed by atoms with Crippen molar-refractivity contribution in [2.24, 2.45) is 0 Å². The van der Waals surface area contributed by atoms with Gasteiger partial charge in [-0.05, 0) is 24.6 Å². The van der Waals surface area contributed by atoms with E-state index in [4.69, 9.17) is 0 Å². The Morgan fingerprint density at radius 3 is 2.12 bits per heavy atom. The molecule has 3 aromatic heterocycles. The van der Waals surface area contributed by atoms with E-state index in [1.807, 2.05) is 79.7 Å². The molecule has 0 amide bonds. The molecule has 6 nitrogen and oxygen atoms in total. The molecule has 0 aliphatic carbocycles. The predicted molar refractivity (Wildman–Crippen MR) is 137 cm³/mol. The minimum atomic E-state index is -0.488. The van der Waals surface area contributed by atoms with Crippen LogP contribution in [0.15, 0.2) is 94.5 Å². The van der Waals surface area contributed by atoms with E-state index in [0.717, 1.165) is 27.6 Å². The first-order valence-corrected chi connectivity index (χ1v) is 11.6.